The second kappa shape index (κ2) is 8.95. The van der Waals surface area contributed by atoms with Gasteiger partial charge in [-0.1, -0.05) is 48.5 Å². The molecule has 3 aromatic carbocycles. The lowest BCUT2D eigenvalue weighted by molar-refractivity contribution is 0.0938. The van der Waals surface area contributed by atoms with Crippen molar-refractivity contribution in [1.29, 1.82) is 0 Å². The molecule has 0 spiro atoms. The highest BCUT2D eigenvalue weighted by atomic mass is 19.1. The van der Waals surface area contributed by atoms with Crippen LogP contribution in [0.1, 0.15) is 34.8 Å². The molecule has 1 atom stereocenters. The summed E-state index contributed by atoms with van der Waals surface area (Å²) in [7, 11) is 0. The van der Waals surface area contributed by atoms with Crippen LogP contribution in [0.5, 0.6) is 0 Å². The maximum atomic E-state index is 13.1. The Labute approximate surface area is 176 Å². The summed E-state index contributed by atoms with van der Waals surface area (Å²) >= 11 is 0. The molecule has 0 saturated carbocycles. The Morgan fingerprint density at radius 1 is 0.967 bits per heavy atom. The van der Waals surface area contributed by atoms with Gasteiger partial charge >= 0.3 is 0 Å². The Morgan fingerprint density at radius 2 is 1.67 bits per heavy atom. The zero-order chi connectivity index (χ0) is 20.9. The van der Waals surface area contributed by atoms with E-state index in [1.165, 1.54) is 46.3 Å². The molecule has 1 N–H and O–H groups in total. The number of nitrogens with one attached hydrogen (secondary N) is 1. The topological polar surface area (TPSA) is 34.0 Å². The molecule has 4 aromatic rings. The predicted molar refractivity (Wildman–Crippen MR) is 119 cm³/mol. The number of halogens is 1. The van der Waals surface area contributed by atoms with Gasteiger partial charge in [0, 0.05) is 35.2 Å². The Hall–Kier alpha value is -3.40. The van der Waals surface area contributed by atoms with Crippen LogP contribution in [0.4, 0.5) is 4.39 Å². The standard InChI is InChI=1S/C26H25FN2O/c1-19(28-26(30)21-13-15-23(27)16-14-21)11-12-22-18-29(17-20-7-3-2-4-8-20)25-10-6-5-9-24(22)25/h2-10,13-16,18-19H,11-12,17H2,1H3,(H,28,30)/t19-/m0/s1. The summed E-state index contributed by atoms with van der Waals surface area (Å²) < 4.78 is 15.3. The van der Waals surface area contributed by atoms with Crippen LogP contribution < -0.4 is 5.32 Å². The third-order valence-corrected chi connectivity index (χ3v) is 5.40. The number of carbonyl (C=O) groups excluding carboxylic acids is 1. The van der Waals surface area contributed by atoms with Gasteiger partial charge in [0.1, 0.15) is 5.82 Å². The Morgan fingerprint density at radius 3 is 2.43 bits per heavy atom. The van der Waals surface area contributed by atoms with Crippen molar-refractivity contribution in [2.24, 2.45) is 0 Å². The summed E-state index contributed by atoms with van der Waals surface area (Å²) in [6.45, 7) is 2.84. The lowest BCUT2D eigenvalue weighted by atomic mass is 10.0. The van der Waals surface area contributed by atoms with Crippen molar-refractivity contribution in [3.05, 3.63) is 108 Å². The number of hydrogen-bond donors (Lipinski definition) is 1. The Kier molecular flexibility index (Phi) is 5.94. The molecule has 4 heteroatoms. The predicted octanol–water partition coefficient (Wildman–Crippen LogP) is 5.58. The van der Waals surface area contributed by atoms with Crippen LogP contribution in [0.3, 0.4) is 0 Å². The molecule has 4 rings (SSSR count). The smallest absolute Gasteiger partial charge is 0.251 e. The van der Waals surface area contributed by atoms with Crippen molar-refractivity contribution in [3.8, 4) is 0 Å². The van der Waals surface area contributed by atoms with Gasteiger partial charge in [-0.2, -0.15) is 0 Å². The molecule has 0 unspecified atom stereocenters. The van der Waals surface area contributed by atoms with E-state index < -0.39 is 0 Å². The molecule has 30 heavy (non-hydrogen) atoms. The zero-order valence-electron chi connectivity index (χ0n) is 17.0. The maximum absolute atomic E-state index is 13.1. The molecule has 152 valence electrons. The maximum Gasteiger partial charge on any atom is 0.251 e. The van der Waals surface area contributed by atoms with Gasteiger partial charge in [-0.25, -0.2) is 4.39 Å². The molecule has 0 aliphatic rings. The Bertz CT molecular complexity index is 1130. The number of benzene rings is 3. The van der Waals surface area contributed by atoms with Crippen molar-refractivity contribution in [2.75, 3.05) is 0 Å². The third kappa shape index (κ3) is 4.60. The molecular formula is C26H25FN2O. The van der Waals surface area contributed by atoms with Gasteiger partial charge in [-0.05, 0) is 61.2 Å². The molecular weight excluding hydrogens is 375 g/mol. The summed E-state index contributed by atoms with van der Waals surface area (Å²) in [6, 6.07) is 24.5. The monoisotopic (exact) mass is 400 g/mol. The molecule has 0 radical (unpaired) electrons. The number of fused-ring (bicyclic) bond motifs is 1. The average Bonchev–Trinajstić information content (AvgIpc) is 3.11. The summed E-state index contributed by atoms with van der Waals surface area (Å²) in [5, 5.41) is 4.27. The van der Waals surface area contributed by atoms with Crippen LogP contribution >= 0.6 is 0 Å². The van der Waals surface area contributed by atoms with E-state index in [9.17, 15) is 9.18 Å². The normalized spacial score (nSPS) is 12.1. The van der Waals surface area contributed by atoms with E-state index in [1.54, 1.807) is 0 Å². The van der Waals surface area contributed by atoms with Crippen LogP contribution in [0, 0.1) is 5.82 Å². The lowest BCUT2D eigenvalue weighted by Crippen LogP contribution is -2.32. The van der Waals surface area contributed by atoms with Gasteiger partial charge in [-0.3, -0.25) is 4.79 Å². The first-order valence-electron chi connectivity index (χ1n) is 10.3. The molecule has 0 bridgehead atoms. The van der Waals surface area contributed by atoms with Crippen molar-refractivity contribution in [3.63, 3.8) is 0 Å². The number of aromatic nitrogens is 1. The summed E-state index contributed by atoms with van der Waals surface area (Å²) in [4.78, 5) is 12.4. The van der Waals surface area contributed by atoms with E-state index in [-0.39, 0.29) is 17.8 Å². The minimum atomic E-state index is -0.341. The molecule has 1 aromatic heterocycles. The number of hydrogen-bond acceptors (Lipinski definition) is 1. The first kappa shape index (κ1) is 19.9. The number of para-hydroxylation sites is 1. The van der Waals surface area contributed by atoms with E-state index in [1.807, 2.05) is 13.0 Å². The SMILES string of the molecule is C[C@@H](CCc1cn(Cc2ccccc2)c2ccccc12)NC(=O)c1ccc(F)cc1. The molecule has 1 amide bonds. The van der Waals surface area contributed by atoms with Gasteiger partial charge < -0.3 is 9.88 Å². The quantitative estimate of drug-likeness (QED) is 0.432. The summed E-state index contributed by atoms with van der Waals surface area (Å²) in [5.41, 5.74) is 4.25. The molecule has 1 heterocycles. The van der Waals surface area contributed by atoms with Crippen LogP contribution in [0.25, 0.3) is 10.9 Å². The molecule has 0 aliphatic carbocycles. The second-order valence-electron chi connectivity index (χ2n) is 7.71. The van der Waals surface area contributed by atoms with Crippen molar-refractivity contribution < 1.29 is 9.18 Å². The van der Waals surface area contributed by atoms with Crippen LogP contribution in [0.15, 0.2) is 85.1 Å². The third-order valence-electron chi connectivity index (χ3n) is 5.40. The summed E-state index contributed by atoms with van der Waals surface area (Å²) in [5.74, 6) is -0.513. The highest BCUT2D eigenvalue weighted by molar-refractivity contribution is 5.94. The van der Waals surface area contributed by atoms with Gasteiger partial charge in [0.15, 0.2) is 0 Å². The first-order chi connectivity index (χ1) is 14.6. The first-order valence-corrected chi connectivity index (χ1v) is 10.3. The van der Waals surface area contributed by atoms with E-state index in [0.29, 0.717) is 5.56 Å². The van der Waals surface area contributed by atoms with Gasteiger partial charge in [-0.15, -0.1) is 0 Å². The second-order valence-corrected chi connectivity index (χ2v) is 7.71. The van der Waals surface area contributed by atoms with Crippen LogP contribution in [-0.4, -0.2) is 16.5 Å². The van der Waals surface area contributed by atoms with Crippen molar-refractivity contribution in [2.45, 2.75) is 32.4 Å². The fourth-order valence-electron chi connectivity index (χ4n) is 3.79. The highest BCUT2D eigenvalue weighted by Gasteiger charge is 2.13. The number of aryl methyl sites for hydroxylation is 1. The lowest BCUT2D eigenvalue weighted by Gasteiger charge is -2.13. The van der Waals surface area contributed by atoms with Crippen LogP contribution in [0.2, 0.25) is 0 Å². The van der Waals surface area contributed by atoms with E-state index in [2.05, 4.69) is 64.6 Å². The minimum absolute atomic E-state index is 0.0128. The average molecular weight is 400 g/mol. The van der Waals surface area contributed by atoms with Gasteiger partial charge in [0.2, 0.25) is 0 Å². The highest BCUT2D eigenvalue weighted by Crippen LogP contribution is 2.24. The largest absolute Gasteiger partial charge is 0.350 e. The fourth-order valence-corrected chi connectivity index (χ4v) is 3.79. The van der Waals surface area contributed by atoms with Crippen LogP contribution in [-0.2, 0) is 13.0 Å². The van der Waals surface area contributed by atoms with Gasteiger partial charge in [0.05, 0.1) is 0 Å². The molecule has 0 saturated heterocycles. The number of carbonyl (C=O) groups is 1. The van der Waals surface area contributed by atoms with E-state index >= 15 is 0 Å². The van der Waals surface area contributed by atoms with E-state index in [0.717, 1.165) is 19.4 Å². The number of amides is 1. The van der Waals surface area contributed by atoms with Crippen molar-refractivity contribution >= 4 is 16.8 Å². The molecule has 3 nitrogen and oxygen atoms in total. The zero-order valence-corrected chi connectivity index (χ0v) is 17.0. The Balaban J connectivity index is 1.44. The van der Waals surface area contributed by atoms with Gasteiger partial charge in [0.25, 0.3) is 5.91 Å². The minimum Gasteiger partial charge on any atom is -0.350 e. The number of rotatable bonds is 7. The van der Waals surface area contributed by atoms with Crippen molar-refractivity contribution in [1.82, 2.24) is 9.88 Å². The molecule has 0 fully saturated rings. The number of nitrogens with zero attached hydrogens (tertiary/aromatic N) is 1. The fraction of sp³-hybridized carbons (Fsp3) is 0.192. The van der Waals surface area contributed by atoms with E-state index in [4.69, 9.17) is 0 Å². The summed E-state index contributed by atoms with van der Waals surface area (Å²) in [6.07, 6.45) is 3.92. The molecule has 0 aliphatic heterocycles.